The molecule has 5 heteroatoms. The highest BCUT2D eigenvalue weighted by Crippen LogP contribution is 2.46. The van der Waals surface area contributed by atoms with Crippen molar-refractivity contribution in [2.45, 2.75) is 61.9 Å². The van der Waals surface area contributed by atoms with Crippen LogP contribution in [-0.4, -0.2) is 9.97 Å². The first-order valence-corrected chi connectivity index (χ1v) is 19.3. The first kappa shape index (κ1) is 22.4. The highest BCUT2D eigenvalue weighted by molar-refractivity contribution is 6.12. The van der Waals surface area contributed by atoms with Crippen molar-refractivity contribution in [3.8, 4) is 34.0 Å². The number of benzene rings is 8. The summed E-state index contributed by atoms with van der Waals surface area (Å²) in [5.41, 5.74) is 0.376. The summed E-state index contributed by atoms with van der Waals surface area (Å²) in [5.74, 6) is 0.822. The van der Waals surface area contributed by atoms with Crippen molar-refractivity contribution in [1.82, 2.24) is 9.97 Å². The van der Waals surface area contributed by atoms with Crippen molar-refractivity contribution >= 4 is 60.8 Å². The summed E-state index contributed by atoms with van der Waals surface area (Å²) < 4.78 is 171. The van der Waals surface area contributed by atoms with Crippen molar-refractivity contribution in [3.63, 3.8) is 0 Å². The van der Waals surface area contributed by atoms with Gasteiger partial charge in [-0.15, -0.1) is 0 Å². The number of para-hydroxylation sites is 4. The molecule has 0 bridgehead atoms. The third-order valence-corrected chi connectivity index (χ3v) is 11.5. The Labute approximate surface area is 376 Å². The molecule has 0 atom stereocenters. The van der Waals surface area contributed by atoms with Crippen molar-refractivity contribution in [1.29, 1.82) is 0 Å². The van der Waals surface area contributed by atoms with E-state index in [1.807, 2.05) is 102 Å². The lowest BCUT2D eigenvalue weighted by Crippen LogP contribution is -2.10. The monoisotopic (exact) mass is 799 g/mol. The van der Waals surface area contributed by atoms with E-state index < -0.39 is 85.3 Å². The molecule has 5 nitrogen and oxygen atoms in total. The topological polar surface area (TPSA) is 55.3 Å². The summed E-state index contributed by atoms with van der Waals surface area (Å²) in [6.07, 6.45) is 0. The summed E-state index contributed by atoms with van der Waals surface area (Å²) in [6.45, 7) is -16.1. The Hall–Kier alpha value is -6.98. The lowest BCUT2D eigenvalue weighted by atomic mass is 9.79. The van der Waals surface area contributed by atoms with E-state index in [4.69, 9.17) is 33.5 Å². The molecule has 8 aromatic carbocycles. The number of nitrogens with zero attached hydrogens (tertiary/aromatic N) is 3. The van der Waals surface area contributed by atoms with Crippen molar-refractivity contribution in [2.75, 3.05) is 4.90 Å². The number of aromatic nitrogens is 2. The fourth-order valence-electron chi connectivity index (χ4n) is 8.52. The molecule has 0 spiro atoms. The van der Waals surface area contributed by atoms with Crippen LogP contribution in [0, 0.1) is 61.9 Å². The van der Waals surface area contributed by atoms with Crippen LogP contribution in [0.4, 0.5) is 17.1 Å². The van der Waals surface area contributed by atoms with Crippen LogP contribution < -0.4 is 4.90 Å². The molecular weight excluding hydrogens is 735 g/mol. The van der Waals surface area contributed by atoms with Crippen LogP contribution in [0.5, 0.6) is 0 Å². The third kappa shape index (κ3) is 5.75. The third-order valence-electron chi connectivity index (χ3n) is 11.5. The fourth-order valence-corrected chi connectivity index (χ4v) is 8.52. The lowest BCUT2D eigenvalue weighted by molar-refractivity contribution is 0.619. The second-order valence-electron chi connectivity index (χ2n) is 14.9. The number of oxazole rings is 2. The SMILES string of the molecule is [2H]C([2H])([2H])c1c(C([2H])([2H])[2H])c(C([2H])([2H])[2H])c2c(C([2H])([2H])[2H])c3c(C([2H])([2H])[2H])c(C([2H])([2H])[2H])c(-c4ccc(N(c5ccc(-c6nc7ccccc7o6)cc5)c5ccc(-c6nc7ccccc7o6)cc5)cc4)c(C)c3c(C)c2c1C. The number of anilines is 3. The van der Waals surface area contributed by atoms with Gasteiger partial charge in [0, 0.05) is 52.9 Å². The molecule has 0 unspecified atom stereocenters. The molecular formula is C55H47N3O2. The molecule has 0 N–H and O–H groups in total. The summed E-state index contributed by atoms with van der Waals surface area (Å²) >= 11 is 0. The van der Waals surface area contributed by atoms with E-state index in [9.17, 15) is 0 Å². The maximum atomic E-state index is 9.04. The van der Waals surface area contributed by atoms with Gasteiger partial charge < -0.3 is 13.7 Å². The molecule has 0 fully saturated rings. The first-order valence-electron chi connectivity index (χ1n) is 28.3. The quantitative estimate of drug-likeness (QED) is 0.157. The van der Waals surface area contributed by atoms with Crippen molar-refractivity contribution in [3.05, 3.63) is 171 Å². The van der Waals surface area contributed by atoms with Gasteiger partial charge >= 0.3 is 0 Å². The molecule has 0 aliphatic heterocycles. The van der Waals surface area contributed by atoms with Crippen molar-refractivity contribution < 1.29 is 33.5 Å². The van der Waals surface area contributed by atoms with E-state index in [2.05, 4.69) is 9.97 Å². The zero-order valence-corrected chi connectivity index (χ0v) is 32.7. The number of hydrogen-bond acceptors (Lipinski definition) is 5. The number of rotatable bonds is 6. The van der Waals surface area contributed by atoms with E-state index >= 15 is 0 Å². The molecule has 10 aromatic rings. The molecule has 0 aliphatic rings. The smallest absolute Gasteiger partial charge is 0.227 e. The van der Waals surface area contributed by atoms with Gasteiger partial charge in [0.25, 0.3) is 0 Å². The zero-order chi connectivity index (χ0) is 56.6. The molecule has 0 amide bonds. The number of aryl methyl sites for hydroxylation is 6. The lowest BCUT2D eigenvalue weighted by Gasteiger charge is -2.27. The predicted molar refractivity (Wildman–Crippen MR) is 250 cm³/mol. The van der Waals surface area contributed by atoms with Gasteiger partial charge in [-0.25, -0.2) is 9.97 Å². The highest BCUT2D eigenvalue weighted by atomic mass is 16.4. The molecule has 0 aliphatic carbocycles. The van der Waals surface area contributed by atoms with Crippen molar-refractivity contribution in [2.24, 2.45) is 0 Å². The molecule has 2 heterocycles. The van der Waals surface area contributed by atoms with Gasteiger partial charge in [-0.05, 0) is 230 Å². The summed E-state index contributed by atoms with van der Waals surface area (Å²) in [6, 6.07) is 36.4. The predicted octanol–water partition coefficient (Wildman–Crippen LogP) is 15.5. The average Bonchev–Trinajstić information content (AvgIpc) is 4.13. The van der Waals surface area contributed by atoms with Crippen LogP contribution in [0.3, 0.4) is 0 Å². The summed E-state index contributed by atoms with van der Waals surface area (Å²) in [7, 11) is 0. The van der Waals surface area contributed by atoms with Gasteiger partial charge in [-0.3, -0.25) is 0 Å². The van der Waals surface area contributed by atoms with Crippen LogP contribution in [0.2, 0.25) is 0 Å². The van der Waals surface area contributed by atoms with Crippen LogP contribution in [0.1, 0.15) is 74.7 Å². The van der Waals surface area contributed by atoms with Crippen LogP contribution in [0.15, 0.2) is 130 Å². The number of hydrogen-bond donors (Lipinski definition) is 0. The highest BCUT2D eigenvalue weighted by Gasteiger charge is 2.23. The molecule has 60 heavy (non-hydrogen) atoms. The zero-order valence-electron chi connectivity index (χ0n) is 50.7. The molecule has 0 radical (unpaired) electrons. The molecule has 294 valence electrons. The minimum absolute atomic E-state index is 0.0188. The standard InChI is InChI=1S/C55H47N3O2/c1-30-31(2)33(4)51-38(9)53-36(7)49(34(5)35(6)52(53)37(8)50(51)32(30)3)39-18-24-42(25-19-39)58(43-26-20-40(21-27-43)54-56-45-14-10-12-16-47(45)59-54)44-28-22-41(23-29-44)55-57-46-15-11-13-17-48(46)60-55/h10-29H,1-9H3/i1D3,2D3,3D3,5D3,6D3,8D3. The van der Waals surface area contributed by atoms with E-state index in [0.717, 1.165) is 0 Å². The minimum Gasteiger partial charge on any atom is -0.436 e. The van der Waals surface area contributed by atoms with Crippen LogP contribution >= 0.6 is 0 Å². The van der Waals surface area contributed by atoms with Gasteiger partial charge in [0.2, 0.25) is 11.8 Å². The number of fused-ring (bicyclic) bond motifs is 4. The van der Waals surface area contributed by atoms with Gasteiger partial charge in [0.1, 0.15) is 11.0 Å². The van der Waals surface area contributed by atoms with E-state index in [1.165, 1.54) is 20.8 Å². The van der Waals surface area contributed by atoms with Gasteiger partial charge in [-0.2, -0.15) is 0 Å². The van der Waals surface area contributed by atoms with Gasteiger partial charge in [0.15, 0.2) is 11.2 Å². The Bertz CT molecular complexity index is 3830. The van der Waals surface area contributed by atoms with E-state index in [0.29, 0.717) is 62.2 Å². The van der Waals surface area contributed by atoms with Crippen LogP contribution in [0.25, 0.3) is 77.8 Å². The Kier molecular flexibility index (Phi) is 5.26. The Morgan fingerprint density at radius 1 is 0.383 bits per heavy atom. The second kappa shape index (κ2) is 14.1. The molecule has 2 aromatic heterocycles. The van der Waals surface area contributed by atoms with E-state index in [1.54, 1.807) is 24.3 Å². The Balaban J connectivity index is 1.23. The fraction of sp³-hybridized carbons (Fsp3) is 0.164. The molecule has 0 saturated heterocycles. The first-order chi connectivity index (χ1) is 36.3. The molecule has 0 saturated carbocycles. The minimum atomic E-state index is -3.49. The Morgan fingerprint density at radius 2 is 0.783 bits per heavy atom. The van der Waals surface area contributed by atoms with Gasteiger partial charge in [-0.1, -0.05) is 36.4 Å². The Morgan fingerprint density at radius 3 is 1.25 bits per heavy atom. The second-order valence-corrected chi connectivity index (χ2v) is 14.9. The largest absolute Gasteiger partial charge is 0.436 e. The summed E-state index contributed by atoms with van der Waals surface area (Å²) in [5, 5.41) is -1.61. The maximum absolute atomic E-state index is 9.04. The maximum Gasteiger partial charge on any atom is 0.227 e. The van der Waals surface area contributed by atoms with Gasteiger partial charge in [0.05, 0.1) is 0 Å². The normalized spacial score (nSPS) is 17.4. The van der Waals surface area contributed by atoms with Crippen LogP contribution in [-0.2, 0) is 0 Å². The van der Waals surface area contributed by atoms with E-state index in [-0.39, 0.29) is 38.6 Å². The molecule has 10 rings (SSSR count). The summed E-state index contributed by atoms with van der Waals surface area (Å²) in [4.78, 5) is 11.2. The average molecular weight is 800 g/mol.